The zero-order chi connectivity index (χ0) is 33.8. The Balaban J connectivity index is 1.14. The number of rotatable bonds is 7. The third-order valence-electron chi connectivity index (χ3n) is 11.1. The normalized spacial score (nSPS) is 23.8. The smallest absolute Gasteiger partial charge is 0.255 e. The Morgan fingerprint density at radius 3 is 2.57 bits per heavy atom. The Morgan fingerprint density at radius 2 is 1.86 bits per heavy atom. The number of fused-ring (bicyclic) bond motifs is 2. The second-order valence-corrected chi connectivity index (χ2v) is 14.7. The van der Waals surface area contributed by atoms with Gasteiger partial charge in [0.15, 0.2) is 0 Å². The number of para-hydroxylation sites is 1. The Labute approximate surface area is 286 Å². The van der Waals surface area contributed by atoms with Crippen LogP contribution < -0.4 is 10.5 Å². The van der Waals surface area contributed by atoms with E-state index < -0.39 is 6.17 Å². The molecule has 3 atom stereocenters. The molecule has 0 radical (unpaired) electrons. The van der Waals surface area contributed by atoms with E-state index in [0.29, 0.717) is 36.3 Å². The number of carbonyl (C=O) groups excluding carboxylic acids is 2. The van der Waals surface area contributed by atoms with E-state index in [-0.39, 0.29) is 36.9 Å². The van der Waals surface area contributed by atoms with Gasteiger partial charge >= 0.3 is 0 Å². The summed E-state index contributed by atoms with van der Waals surface area (Å²) < 4.78 is 30.2. The predicted molar refractivity (Wildman–Crippen MR) is 186 cm³/mol. The van der Waals surface area contributed by atoms with Crippen LogP contribution >= 0.6 is 0 Å². The van der Waals surface area contributed by atoms with Crippen molar-refractivity contribution < 1.29 is 23.5 Å². The van der Waals surface area contributed by atoms with Crippen molar-refractivity contribution in [1.29, 1.82) is 0 Å². The number of amides is 2. The van der Waals surface area contributed by atoms with Crippen LogP contribution in [0.1, 0.15) is 78.8 Å². The summed E-state index contributed by atoms with van der Waals surface area (Å²) in [5, 5.41) is 6.28. The quantitative estimate of drug-likeness (QED) is 0.280. The lowest BCUT2D eigenvalue weighted by molar-refractivity contribution is -0.147. The number of aryl methyl sites for hydroxylation is 1. The lowest BCUT2D eigenvalue weighted by atomic mass is 9.88. The molecule has 49 heavy (non-hydrogen) atoms. The molecule has 3 saturated heterocycles. The summed E-state index contributed by atoms with van der Waals surface area (Å²) in [4.78, 5) is 30.3. The van der Waals surface area contributed by atoms with Crippen LogP contribution in [0.5, 0.6) is 5.75 Å². The molecule has 0 bridgehead atoms. The summed E-state index contributed by atoms with van der Waals surface area (Å²) >= 11 is 0. The van der Waals surface area contributed by atoms with Crippen molar-refractivity contribution in [2.45, 2.75) is 89.1 Å². The maximum Gasteiger partial charge on any atom is 0.255 e. The lowest BCUT2D eigenvalue weighted by Crippen LogP contribution is -2.50. The van der Waals surface area contributed by atoms with E-state index in [1.54, 1.807) is 23.9 Å². The van der Waals surface area contributed by atoms with Crippen molar-refractivity contribution in [1.82, 2.24) is 24.0 Å². The van der Waals surface area contributed by atoms with Gasteiger partial charge in [0.25, 0.3) is 11.8 Å². The van der Waals surface area contributed by atoms with E-state index in [9.17, 15) is 14.0 Å². The Morgan fingerprint density at radius 1 is 1.04 bits per heavy atom. The van der Waals surface area contributed by atoms with Gasteiger partial charge in [-0.2, -0.15) is 5.10 Å². The van der Waals surface area contributed by atoms with Gasteiger partial charge < -0.3 is 29.6 Å². The maximum absolute atomic E-state index is 14.4. The van der Waals surface area contributed by atoms with E-state index in [0.717, 1.165) is 74.2 Å². The molecule has 0 spiro atoms. The van der Waals surface area contributed by atoms with Crippen LogP contribution in [0.25, 0.3) is 27.8 Å². The number of benzene rings is 1. The Bertz CT molecular complexity index is 1870. The van der Waals surface area contributed by atoms with Gasteiger partial charge in [0, 0.05) is 56.0 Å². The van der Waals surface area contributed by atoms with Crippen LogP contribution in [0.2, 0.25) is 0 Å². The molecule has 8 rings (SSSR count). The second kappa shape index (κ2) is 13.1. The van der Waals surface area contributed by atoms with Crippen LogP contribution in [0, 0.1) is 12.8 Å². The van der Waals surface area contributed by atoms with Crippen LogP contribution in [0.4, 0.5) is 4.39 Å². The first-order valence-electron chi connectivity index (χ1n) is 18.1. The molecule has 4 aliphatic rings. The van der Waals surface area contributed by atoms with E-state index in [1.165, 1.54) is 34.2 Å². The number of aromatic nitrogens is 3. The molecule has 11 heteroatoms. The third-order valence-corrected chi connectivity index (χ3v) is 11.1. The van der Waals surface area contributed by atoms with Gasteiger partial charge in [0.1, 0.15) is 29.2 Å². The number of nitrogens with zero attached hydrogens (tertiary/aromatic N) is 5. The number of piperidine rings is 2. The van der Waals surface area contributed by atoms with Gasteiger partial charge in [0.05, 0.1) is 30.4 Å². The van der Waals surface area contributed by atoms with Gasteiger partial charge in [-0.15, -0.1) is 0 Å². The standard InChI is InChI=1S/C38H47FN6O4/c1-23-34(41-45-20-27(17-33(48-2)35(23)45)37(46)43-21-28(39)18-29(40)22-43)31-16-26-6-5-7-30(36(26)44(31)19-24-9-10-24)25-11-13-42(14-12-25)38(47)32-8-3-4-15-49-32/h5-7,16-17,20,24-25,28-29,32H,3-4,8-15,18-19,21-22,40H2,1-2H3/t28-,29-,32?/m1/s1. The van der Waals surface area contributed by atoms with Crippen molar-refractivity contribution >= 4 is 28.2 Å². The molecule has 3 aromatic heterocycles. The molecule has 10 nitrogen and oxygen atoms in total. The molecule has 260 valence electrons. The minimum Gasteiger partial charge on any atom is -0.494 e. The highest BCUT2D eigenvalue weighted by Crippen LogP contribution is 2.42. The monoisotopic (exact) mass is 670 g/mol. The number of hydrogen-bond donors (Lipinski definition) is 1. The van der Waals surface area contributed by atoms with Gasteiger partial charge in [-0.3, -0.25) is 9.59 Å². The number of nitrogens with two attached hydrogens (primary N) is 1. The summed E-state index contributed by atoms with van der Waals surface area (Å²) in [7, 11) is 1.60. The lowest BCUT2D eigenvalue weighted by Gasteiger charge is -2.35. The number of methoxy groups -OCH3 is 1. The molecular weight excluding hydrogens is 623 g/mol. The van der Waals surface area contributed by atoms with Crippen molar-refractivity contribution in [3.05, 3.63) is 53.2 Å². The van der Waals surface area contributed by atoms with E-state index in [4.69, 9.17) is 20.3 Å². The first kappa shape index (κ1) is 32.3. The highest BCUT2D eigenvalue weighted by Gasteiger charge is 2.34. The fourth-order valence-corrected chi connectivity index (χ4v) is 8.40. The summed E-state index contributed by atoms with van der Waals surface area (Å²) in [5.41, 5.74) is 12.7. The van der Waals surface area contributed by atoms with Gasteiger partial charge in [-0.1, -0.05) is 18.2 Å². The summed E-state index contributed by atoms with van der Waals surface area (Å²) in [5.74, 6) is 1.40. The molecule has 1 unspecified atom stereocenters. The zero-order valence-corrected chi connectivity index (χ0v) is 28.6. The highest BCUT2D eigenvalue weighted by atomic mass is 19.1. The van der Waals surface area contributed by atoms with Gasteiger partial charge in [0.2, 0.25) is 0 Å². The largest absolute Gasteiger partial charge is 0.494 e. The average Bonchev–Trinajstić information content (AvgIpc) is 3.78. The van der Waals surface area contributed by atoms with Gasteiger partial charge in [-0.05, 0) is 87.8 Å². The number of pyridine rings is 1. The topological polar surface area (TPSA) is 107 Å². The zero-order valence-electron chi connectivity index (χ0n) is 28.6. The maximum atomic E-state index is 14.4. The minimum atomic E-state index is -1.14. The number of carbonyl (C=O) groups is 2. The van der Waals surface area contributed by atoms with Crippen LogP contribution in [-0.4, -0.2) is 94.0 Å². The van der Waals surface area contributed by atoms with E-state index >= 15 is 0 Å². The fourth-order valence-electron chi connectivity index (χ4n) is 8.40. The molecule has 6 heterocycles. The first-order valence-corrected chi connectivity index (χ1v) is 18.1. The number of likely N-dealkylation sites (tertiary alicyclic amines) is 2. The Hall–Kier alpha value is -3.96. The first-order chi connectivity index (χ1) is 23.8. The molecule has 3 aliphatic heterocycles. The highest BCUT2D eigenvalue weighted by molar-refractivity contribution is 5.96. The van der Waals surface area contributed by atoms with Crippen molar-refractivity contribution in [3.63, 3.8) is 0 Å². The van der Waals surface area contributed by atoms with Crippen LogP contribution in [0.15, 0.2) is 36.5 Å². The molecular formula is C38H47FN6O4. The number of halogens is 1. The van der Waals surface area contributed by atoms with E-state index in [2.05, 4.69) is 35.8 Å². The summed E-state index contributed by atoms with van der Waals surface area (Å²) in [6.45, 7) is 5.50. The molecule has 2 N–H and O–H groups in total. The second-order valence-electron chi connectivity index (χ2n) is 14.7. The molecule has 1 saturated carbocycles. The fraction of sp³-hybridized carbons (Fsp3) is 0.553. The number of hydrogen-bond acceptors (Lipinski definition) is 6. The Kier molecular flexibility index (Phi) is 8.60. The molecule has 1 aromatic carbocycles. The summed E-state index contributed by atoms with van der Waals surface area (Å²) in [6.07, 6.45) is 7.79. The molecule has 4 aromatic rings. The van der Waals surface area contributed by atoms with E-state index in [1.807, 2.05) is 4.90 Å². The minimum absolute atomic E-state index is 0.0319. The van der Waals surface area contributed by atoms with Crippen molar-refractivity contribution in [2.75, 3.05) is 39.9 Å². The van der Waals surface area contributed by atoms with Crippen molar-refractivity contribution in [3.8, 4) is 17.1 Å². The van der Waals surface area contributed by atoms with Crippen molar-refractivity contribution in [2.24, 2.45) is 11.7 Å². The predicted octanol–water partition coefficient (Wildman–Crippen LogP) is 5.47. The molecule has 4 fully saturated rings. The molecule has 2 amide bonds. The number of alkyl halides is 1. The average molecular weight is 671 g/mol. The van der Waals surface area contributed by atoms with Crippen LogP contribution in [-0.2, 0) is 16.1 Å². The number of ether oxygens (including phenoxy) is 2. The van der Waals surface area contributed by atoms with Crippen LogP contribution in [0.3, 0.4) is 0 Å². The summed E-state index contributed by atoms with van der Waals surface area (Å²) in [6, 6.07) is 10.2. The van der Waals surface area contributed by atoms with Gasteiger partial charge in [-0.25, -0.2) is 8.91 Å². The molecule has 1 aliphatic carbocycles. The third kappa shape index (κ3) is 6.09. The SMILES string of the molecule is COc1cc(C(=O)N2C[C@H](N)C[C@@H](F)C2)cn2nc(-c3cc4cccc(C5CCN(C(=O)C6CCCCO6)CC5)c4n3CC3CC3)c(C)c12.